The lowest BCUT2D eigenvalue weighted by Gasteiger charge is -2.34. The zero-order valence-electron chi connectivity index (χ0n) is 20.7. The highest BCUT2D eigenvalue weighted by atomic mass is 19.1. The van der Waals surface area contributed by atoms with E-state index in [4.69, 9.17) is 18.9 Å². The van der Waals surface area contributed by atoms with Crippen molar-refractivity contribution in [3.8, 4) is 11.5 Å². The highest BCUT2D eigenvalue weighted by Crippen LogP contribution is 2.38. The molecule has 0 bridgehead atoms. The summed E-state index contributed by atoms with van der Waals surface area (Å²) >= 11 is 0. The quantitative estimate of drug-likeness (QED) is 0.341. The molecule has 3 aromatic carbocycles. The molecule has 188 valence electrons. The fraction of sp³-hybridized carbons (Fsp3) is 0.267. The fourth-order valence-corrected chi connectivity index (χ4v) is 5.26. The number of fused-ring (bicyclic) bond motifs is 2. The summed E-state index contributed by atoms with van der Waals surface area (Å²) in [5.74, 6) is 2.39. The second kappa shape index (κ2) is 9.39. The second-order valence-electron chi connectivity index (χ2n) is 9.73. The fourth-order valence-electron chi connectivity index (χ4n) is 5.26. The Hall–Kier alpha value is -4.13. The van der Waals surface area contributed by atoms with Crippen LogP contribution in [0.4, 0.5) is 4.39 Å². The van der Waals surface area contributed by atoms with Gasteiger partial charge < -0.3 is 18.8 Å². The molecule has 6 nitrogen and oxygen atoms in total. The number of hydrogen-bond acceptors (Lipinski definition) is 6. The smallest absolute Gasteiger partial charge is 0.231 e. The molecule has 0 saturated carbocycles. The van der Waals surface area contributed by atoms with Crippen LogP contribution in [0.3, 0.4) is 0 Å². The normalized spacial score (nSPS) is 15.5. The molecule has 1 atom stereocenters. The van der Waals surface area contributed by atoms with E-state index in [9.17, 15) is 9.18 Å². The summed E-state index contributed by atoms with van der Waals surface area (Å²) in [5.41, 5.74) is 2.62. The Morgan fingerprint density at radius 1 is 1.00 bits per heavy atom. The van der Waals surface area contributed by atoms with Crippen LogP contribution in [0, 0.1) is 11.7 Å². The van der Waals surface area contributed by atoms with E-state index in [0.29, 0.717) is 47.7 Å². The van der Waals surface area contributed by atoms with Crippen molar-refractivity contribution >= 4 is 16.8 Å². The molecule has 7 heteroatoms. The predicted octanol–water partition coefficient (Wildman–Crippen LogP) is 5.71. The highest BCUT2D eigenvalue weighted by Gasteiger charge is 2.35. The Morgan fingerprint density at radius 2 is 1.81 bits per heavy atom. The average molecular weight is 499 g/mol. The van der Waals surface area contributed by atoms with Crippen molar-refractivity contribution in [2.45, 2.75) is 26.3 Å². The lowest BCUT2D eigenvalue weighted by molar-refractivity contribution is 0.174. The Balaban J connectivity index is 1.50. The van der Waals surface area contributed by atoms with Gasteiger partial charge in [0.25, 0.3) is 0 Å². The molecule has 0 N–H and O–H groups in total. The number of nitrogens with zero attached hydrogens (tertiary/aromatic N) is 2. The third-order valence-corrected chi connectivity index (χ3v) is 6.94. The van der Waals surface area contributed by atoms with Gasteiger partial charge in [-0.1, -0.05) is 44.2 Å². The summed E-state index contributed by atoms with van der Waals surface area (Å²) < 4.78 is 31.7. The lowest BCUT2D eigenvalue weighted by Crippen LogP contribution is -2.37. The zero-order valence-corrected chi connectivity index (χ0v) is 20.7. The molecular formula is C30H27FN2O4. The Bertz CT molecular complexity index is 1560. The van der Waals surface area contributed by atoms with E-state index in [2.05, 4.69) is 18.7 Å². The first-order valence-corrected chi connectivity index (χ1v) is 12.5. The van der Waals surface area contributed by atoms with Crippen molar-refractivity contribution in [3.05, 3.63) is 105 Å². The standard InChI is InChI=1S/C30H27FN2O4/c1-18(2)27(33-13-12-32-30(33)20-8-11-24-26(15-20)36-17-35-24)29-23(14-19-6-4-3-5-7-19)28(34)22-10-9-21(31)16-25(22)37-29/h3-11,15-16,18,27H,12-14,17H2,1-2H3. The lowest BCUT2D eigenvalue weighted by atomic mass is 9.92. The van der Waals surface area contributed by atoms with E-state index in [0.717, 1.165) is 17.0 Å². The maximum atomic E-state index is 14.2. The first-order chi connectivity index (χ1) is 18.0. The van der Waals surface area contributed by atoms with Crippen molar-refractivity contribution in [3.63, 3.8) is 0 Å². The van der Waals surface area contributed by atoms with Gasteiger partial charge in [0.05, 0.1) is 18.0 Å². The van der Waals surface area contributed by atoms with E-state index in [1.54, 1.807) is 0 Å². The maximum Gasteiger partial charge on any atom is 0.231 e. The van der Waals surface area contributed by atoms with Crippen molar-refractivity contribution in [1.29, 1.82) is 0 Å². The Kier molecular flexibility index (Phi) is 5.91. The number of benzene rings is 3. The summed E-state index contributed by atoms with van der Waals surface area (Å²) in [4.78, 5) is 20.8. The van der Waals surface area contributed by atoms with E-state index in [1.165, 1.54) is 18.2 Å². The summed E-state index contributed by atoms with van der Waals surface area (Å²) in [5, 5.41) is 0.379. The van der Waals surface area contributed by atoms with E-state index in [1.807, 2.05) is 48.5 Å². The molecule has 0 radical (unpaired) electrons. The summed E-state index contributed by atoms with van der Waals surface area (Å²) in [6.07, 6.45) is 0.416. The number of amidine groups is 1. The van der Waals surface area contributed by atoms with Gasteiger partial charge in [0.1, 0.15) is 23.0 Å². The van der Waals surface area contributed by atoms with Gasteiger partial charge in [0.2, 0.25) is 6.79 Å². The van der Waals surface area contributed by atoms with Gasteiger partial charge in [0, 0.05) is 30.2 Å². The maximum absolute atomic E-state index is 14.2. The Labute approximate surface area is 214 Å². The van der Waals surface area contributed by atoms with E-state index >= 15 is 0 Å². The third kappa shape index (κ3) is 4.24. The predicted molar refractivity (Wildman–Crippen MR) is 140 cm³/mol. The first kappa shape index (κ1) is 23.3. The number of halogens is 1. The van der Waals surface area contributed by atoms with Gasteiger partial charge in [-0.15, -0.1) is 0 Å². The molecule has 0 spiro atoms. The minimum Gasteiger partial charge on any atom is -0.458 e. The molecule has 0 saturated heterocycles. The van der Waals surface area contributed by atoms with Crippen molar-refractivity contribution in [2.75, 3.05) is 19.9 Å². The molecule has 6 rings (SSSR count). The third-order valence-electron chi connectivity index (χ3n) is 6.94. The van der Waals surface area contributed by atoms with Crippen LogP contribution in [-0.2, 0) is 6.42 Å². The summed E-state index contributed by atoms with van der Waals surface area (Å²) in [6.45, 7) is 5.69. The van der Waals surface area contributed by atoms with Gasteiger partial charge in [0.15, 0.2) is 16.9 Å². The van der Waals surface area contributed by atoms with Gasteiger partial charge >= 0.3 is 0 Å². The number of ether oxygens (including phenoxy) is 2. The highest BCUT2D eigenvalue weighted by molar-refractivity contribution is 6.00. The monoisotopic (exact) mass is 498 g/mol. The van der Waals surface area contributed by atoms with Crippen molar-refractivity contribution in [2.24, 2.45) is 10.9 Å². The van der Waals surface area contributed by atoms with Crippen molar-refractivity contribution < 1.29 is 18.3 Å². The van der Waals surface area contributed by atoms with E-state index in [-0.39, 0.29) is 29.8 Å². The zero-order chi connectivity index (χ0) is 25.5. The van der Waals surface area contributed by atoms with Crippen LogP contribution in [0.15, 0.2) is 80.9 Å². The van der Waals surface area contributed by atoms with Crippen LogP contribution >= 0.6 is 0 Å². The molecule has 1 unspecified atom stereocenters. The van der Waals surface area contributed by atoms with Crippen LogP contribution in [-0.4, -0.2) is 30.6 Å². The van der Waals surface area contributed by atoms with Gasteiger partial charge in [-0.05, 0) is 41.8 Å². The minimum atomic E-state index is -0.442. The largest absolute Gasteiger partial charge is 0.458 e. The number of rotatable bonds is 6. The van der Waals surface area contributed by atoms with Crippen molar-refractivity contribution in [1.82, 2.24) is 4.90 Å². The SMILES string of the molecule is CC(C)C(c1oc2cc(F)ccc2c(=O)c1Cc1ccccc1)N1CCN=C1c1ccc2c(c1)OCO2. The number of aliphatic imine (C=N–C) groups is 1. The molecular weight excluding hydrogens is 471 g/mol. The summed E-state index contributed by atoms with van der Waals surface area (Å²) in [6, 6.07) is 19.5. The van der Waals surface area contributed by atoms with Crippen LogP contribution < -0.4 is 14.9 Å². The molecule has 4 aromatic rings. The first-order valence-electron chi connectivity index (χ1n) is 12.5. The van der Waals surface area contributed by atoms with Crippen LogP contribution in [0.1, 0.15) is 42.3 Å². The molecule has 3 heterocycles. The Morgan fingerprint density at radius 3 is 2.62 bits per heavy atom. The molecule has 0 aliphatic carbocycles. The minimum absolute atomic E-state index is 0.0704. The molecule has 0 fully saturated rings. The van der Waals surface area contributed by atoms with Gasteiger partial charge in [-0.3, -0.25) is 9.79 Å². The average Bonchev–Trinajstić information content (AvgIpc) is 3.56. The molecule has 0 amide bonds. The van der Waals surface area contributed by atoms with Gasteiger partial charge in [-0.25, -0.2) is 4.39 Å². The second-order valence-corrected chi connectivity index (χ2v) is 9.73. The van der Waals surface area contributed by atoms with Crippen LogP contribution in [0.5, 0.6) is 11.5 Å². The summed E-state index contributed by atoms with van der Waals surface area (Å²) in [7, 11) is 0. The molecule has 2 aliphatic heterocycles. The molecule has 1 aromatic heterocycles. The molecule has 2 aliphatic rings. The van der Waals surface area contributed by atoms with Gasteiger partial charge in [-0.2, -0.15) is 0 Å². The number of hydrogen-bond donors (Lipinski definition) is 0. The van der Waals surface area contributed by atoms with E-state index < -0.39 is 5.82 Å². The van der Waals surface area contributed by atoms with Crippen LogP contribution in [0.2, 0.25) is 0 Å². The topological polar surface area (TPSA) is 64.3 Å². The van der Waals surface area contributed by atoms with Crippen LogP contribution in [0.25, 0.3) is 11.0 Å². The molecule has 37 heavy (non-hydrogen) atoms.